The molecule has 0 bridgehead atoms. The highest BCUT2D eigenvalue weighted by Crippen LogP contribution is 2.35. The molecule has 1 N–H and O–H groups in total. The third kappa shape index (κ3) is 4.07. The number of hydrogen-bond acceptors (Lipinski definition) is 6. The van der Waals surface area contributed by atoms with Crippen LogP contribution in [-0.4, -0.2) is 68.1 Å². The van der Waals surface area contributed by atoms with Gasteiger partial charge < -0.3 is 19.5 Å². The Kier molecular flexibility index (Phi) is 5.73. The molecule has 1 atom stereocenters. The average molecular weight is 340 g/mol. The minimum Gasteiger partial charge on any atom is -0.468 e. The van der Waals surface area contributed by atoms with Gasteiger partial charge in [-0.3, -0.25) is 14.5 Å². The zero-order valence-corrected chi connectivity index (χ0v) is 14.4. The Balaban J connectivity index is 1.46. The molecular formula is C17H28N2O5. The number of carbonyl (C=O) groups is 2. The standard InChI is InChI=1S/C17H28N2O5/c1-22-16(21)14-4-2-3-9-19(14)12-15(20)18-13-5-7-17(8-6-13)23-10-11-24-17/h13-14H,2-12H2,1H3,(H,18,20)/t14-/m1/s1. The molecule has 0 unspecified atom stereocenters. The largest absolute Gasteiger partial charge is 0.468 e. The lowest BCUT2D eigenvalue weighted by Crippen LogP contribution is -2.51. The fraction of sp³-hybridized carbons (Fsp3) is 0.882. The first-order valence-electron chi connectivity index (χ1n) is 9.01. The summed E-state index contributed by atoms with van der Waals surface area (Å²) < 4.78 is 16.3. The Bertz CT molecular complexity index is 454. The van der Waals surface area contributed by atoms with Crippen molar-refractivity contribution in [1.82, 2.24) is 10.2 Å². The Morgan fingerprint density at radius 2 is 1.88 bits per heavy atom. The van der Waals surface area contributed by atoms with Gasteiger partial charge in [-0.1, -0.05) is 6.42 Å². The first-order valence-corrected chi connectivity index (χ1v) is 9.01. The summed E-state index contributed by atoms with van der Waals surface area (Å²) in [5.74, 6) is -0.651. The summed E-state index contributed by atoms with van der Waals surface area (Å²) in [7, 11) is 1.40. The summed E-state index contributed by atoms with van der Waals surface area (Å²) >= 11 is 0. The second kappa shape index (κ2) is 7.80. The van der Waals surface area contributed by atoms with Crippen molar-refractivity contribution in [1.29, 1.82) is 0 Å². The number of ether oxygens (including phenoxy) is 3. The summed E-state index contributed by atoms with van der Waals surface area (Å²) in [4.78, 5) is 26.2. The zero-order valence-electron chi connectivity index (χ0n) is 14.4. The highest BCUT2D eigenvalue weighted by molar-refractivity contribution is 5.80. The van der Waals surface area contributed by atoms with E-state index in [1.165, 1.54) is 7.11 Å². The van der Waals surface area contributed by atoms with Crippen LogP contribution >= 0.6 is 0 Å². The number of carbonyl (C=O) groups excluding carboxylic acids is 2. The lowest BCUT2D eigenvalue weighted by molar-refractivity contribution is -0.180. The van der Waals surface area contributed by atoms with E-state index in [9.17, 15) is 9.59 Å². The van der Waals surface area contributed by atoms with E-state index >= 15 is 0 Å². The van der Waals surface area contributed by atoms with Crippen molar-refractivity contribution in [2.75, 3.05) is 33.4 Å². The van der Waals surface area contributed by atoms with E-state index in [0.717, 1.165) is 51.5 Å². The number of methoxy groups -OCH3 is 1. The molecule has 3 aliphatic rings. The van der Waals surface area contributed by atoms with E-state index in [-0.39, 0.29) is 30.5 Å². The van der Waals surface area contributed by atoms with Crippen LogP contribution in [-0.2, 0) is 23.8 Å². The van der Waals surface area contributed by atoms with Crippen molar-refractivity contribution >= 4 is 11.9 Å². The van der Waals surface area contributed by atoms with Gasteiger partial charge in [-0.25, -0.2) is 0 Å². The van der Waals surface area contributed by atoms with Crippen molar-refractivity contribution in [3.8, 4) is 0 Å². The number of likely N-dealkylation sites (tertiary alicyclic amines) is 1. The monoisotopic (exact) mass is 340 g/mol. The van der Waals surface area contributed by atoms with Crippen molar-refractivity contribution in [2.45, 2.75) is 62.8 Å². The van der Waals surface area contributed by atoms with E-state index < -0.39 is 5.79 Å². The molecule has 0 aromatic heterocycles. The van der Waals surface area contributed by atoms with E-state index in [2.05, 4.69) is 5.32 Å². The van der Waals surface area contributed by atoms with Gasteiger partial charge in [0.1, 0.15) is 6.04 Å². The SMILES string of the molecule is COC(=O)[C@H]1CCCCN1CC(=O)NC1CCC2(CC1)OCCO2. The number of rotatable bonds is 4. The molecule has 0 aromatic carbocycles. The van der Waals surface area contributed by atoms with Gasteiger partial charge >= 0.3 is 5.97 Å². The molecule has 7 heteroatoms. The molecule has 1 aliphatic carbocycles. The molecular weight excluding hydrogens is 312 g/mol. The lowest BCUT2D eigenvalue weighted by Gasteiger charge is -2.36. The van der Waals surface area contributed by atoms with Crippen molar-refractivity contribution < 1.29 is 23.8 Å². The Morgan fingerprint density at radius 1 is 1.17 bits per heavy atom. The van der Waals surface area contributed by atoms with Crippen LogP contribution in [0.5, 0.6) is 0 Å². The topological polar surface area (TPSA) is 77.1 Å². The van der Waals surface area contributed by atoms with Gasteiger partial charge in [0.2, 0.25) is 5.91 Å². The molecule has 2 saturated heterocycles. The van der Waals surface area contributed by atoms with Crippen LogP contribution in [0.3, 0.4) is 0 Å². The maximum Gasteiger partial charge on any atom is 0.323 e. The van der Waals surface area contributed by atoms with Gasteiger partial charge in [-0.2, -0.15) is 0 Å². The molecule has 24 heavy (non-hydrogen) atoms. The van der Waals surface area contributed by atoms with Crippen LogP contribution in [0.2, 0.25) is 0 Å². The summed E-state index contributed by atoms with van der Waals surface area (Å²) in [6, 6.07) is -0.123. The van der Waals surface area contributed by atoms with E-state index in [0.29, 0.717) is 13.2 Å². The zero-order chi connectivity index (χ0) is 17.0. The summed E-state index contributed by atoms with van der Waals surface area (Å²) in [6.07, 6.45) is 6.17. The van der Waals surface area contributed by atoms with Crippen LogP contribution in [0.1, 0.15) is 44.9 Å². The van der Waals surface area contributed by atoms with Gasteiger partial charge in [-0.05, 0) is 32.2 Å². The van der Waals surface area contributed by atoms with Crippen molar-refractivity contribution in [2.24, 2.45) is 0 Å². The fourth-order valence-electron chi connectivity index (χ4n) is 4.03. The van der Waals surface area contributed by atoms with Crippen molar-refractivity contribution in [3.05, 3.63) is 0 Å². The predicted molar refractivity (Wildman–Crippen MR) is 86.3 cm³/mol. The fourth-order valence-corrected chi connectivity index (χ4v) is 4.03. The summed E-state index contributed by atoms with van der Waals surface area (Å²) in [5.41, 5.74) is 0. The summed E-state index contributed by atoms with van der Waals surface area (Å²) in [5, 5.41) is 3.11. The number of hydrogen-bond donors (Lipinski definition) is 1. The Hall–Kier alpha value is -1.18. The molecule has 7 nitrogen and oxygen atoms in total. The number of nitrogens with zero attached hydrogens (tertiary/aromatic N) is 1. The first kappa shape index (κ1) is 17.6. The minimum absolute atomic E-state index is 0.0139. The van der Waals surface area contributed by atoms with Crippen LogP contribution in [0, 0.1) is 0 Å². The van der Waals surface area contributed by atoms with E-state index in [4.69, 9.17) is 14.2 Å². The van der Waals surface area contributed by atoms with Gasteiger partial charge in [0, 0.05) is 18.9 Å². The molecule has 1 spiro atoms. The van der Waals surface area contributed by atoms with E-state index in [1.807, 2.05) is 4.90 Å². The maximum absolute atomic E-state index is 12.4. The molecule has 3 fully saturated rings. The third-order valence-corrected chi connectivity index (χ3v) is 5.36. The number of amides is 1. The highest BCUT2D eigenvalue weighted by Gasteiger charge is 2.40. The second-order valence-electron chi connectivity index (χ2n) is 6.95. The van der Waals surface area contributed by atoms with Crippen LogP contribution in [0.15, 0.2) is 0 Å². The molecule has 1 saturated carbocycles. The molecule has 2 aliphatic heterocycles. The lowest BCUT2D eigenvalue weighted by atomic mass is 9.90. The molecule has 1 amide bonds. The van der Waals surface area contributed by atoms with Crippen LogP contribution < -0.4 is 5.32 Å². The predicted octanol–water partition coefficient (Wildman–Crippen LogP) is 0.816. The van der Waals surface area contributed by atoms with Gasteiger partial charge in [0.05, 0.1) is 26.9 Å². The quantitative estimate of drug-likeness (QED) is 0.764. The normalized spacial score (nSPS) is 28.0. The smallest absolute Gasteiger partial charge is 0.323 e. The Labute approximate surface area is 143 Å². The van der Waals surface area contributed by atoms with E-state index in [1.54, 1.807) is 0 Å². The number of piperidine rings is 1. The minimum atomic E-state index is -0.399. The molecule has 3 rings (SSSR count). The highest BCUT2D eigenvalue weighted by atomic mass is 16.7. The van der Waals surface area contributed by atoms with Gasteiger partial charge in [-0.15, -0.1) is 0 Å². The van der Waals surface area contributed by atoms with Gasteiger partial charge in [0.15, 0.2) is 5.79 Å². The maximum atomic E-state index is 12.4. The number of esters is 1. The Morgan fingerprint density at radius 3 is 2.54 bits per heavy atom. The van der Waals surface area contributed by atoms with Crippen LogP contribution in [0.25, 0.3) is 0 Å². The molecule has 2 heterocycles. The summed E-state index contributed by atoms with van der Waals surface area (Å²) in [6.45, 7) is 2.36. The second-order valence-corrected chi connectivity index (χ2v) is 6.95. The number of nitrogens with one attached hydrogen (secondary N) is 1. The third-order valence-electron chi connectivity index (χ3n) is 5.36. The van der Waals surface area contributed by atoms with Crippen molar-refractivity contribution in [3.63, 3.8) is 0 Å². The van der Waals surface area contributed by atoms with Crippen LogP contribution in [0.4, 0.5) is 0 Å². The molecule has 0 aromatic rings. The average Bonchev–Trinajstić information content (AvgIpc) is 3.05. The molecule has 0 radical (unpaired) electrons. The first-order chi connectivity index (χ1) is 11.6. The van der Waals surface area contributed by atoms with Gasteiger partial charge in [0.25, 0.3) is 0 Å². The molecule has 136 valence electrons.